The minimum atomic E-state index is -0.571. The second-order valence-corrected chi connectivity index (χ2v) is 6.27. The van der Waals surface area contributed by atoms with Crippen molar-refractivity contribution < 1.29 is 37.5 Å². The van der Waals surface area contributed by atoms with Gasteiger partial charge in [0.1, 0.15) is 0 Å². The third-order valence-electron chi connectivity index (χ3n) is 4.53. The summed E-state index contributed by atoms with van der Waals surface area (Å²) in [6.07, 6.45) is 3.70. The number of aryl methyl sites for hydroxylation is 1. The van der Waals surface area contributed by atoms with Gasteiger partial charge in [-0.2, -0.15) is 0 Å². The molecule has 0 aliphatic heterocycles. The SMILES string of the molecule is [CH2-]C1(C(=O)[N-]C)Cc2ccc(CCCN(C)CC)cc2C1.[Y]. The number of benzene rings is 1. The topological polar surface area (TPSA) is 34.4 Å². The molecule has 1 aliphatic carbocycles. The van der Waals surface area contributed by atoms with Gasteiger partial charge in [-0.25, -0.2) is 0 Å². The first-order valence-electron chi connectivity index (χ1n) is 7.77. The van der Waals surface area contributed by atoms with Crippen LogP contribution in [-0.4, -0.2) is 38.0 Å². The smallest absolute Gasteiger partial charge is 0.0273 e. The molecule has 22 heavy (non-hydrogen) atoms. The van der Waals surface area contributed by atoms with Crippen molar-refractivity contribution in [3.05, 3.63) is 47.1 Å². The number of hydrogen-bond donors (Lipinski definition) is 0. The molecule has 1 unspecified atom stereocenters. The van der Waals surface area contributed by atoms with Crippen molar-refractivity contribution in [2.24, 2.45) is 5.41 Å². The van der Waals surface area contributed by atoms with E-state index in [1.165, 1.54) is 23.1 Å². The van der Waals surface area contributed by atoms with Crippen LogP contribution >= 0.6 is 0 Å². The molecule has 4 heteroatoms. The van der Waals surface area contributed by atoms with E-state index in [0.717, 1.165) is 32.4 Å². The van der Waals surface area contributed by atoms with E-state index in [4.69, 9.17) is 0 Å². The zero-order valence-corrected chi connectivity index (χ0v) is 16.9. The number of rotatable bonds is 6. The monoisotopic (exact) mass is 375 g/mol. The Hall–Kier alpha value is -0.246. The Balaban J connectivity index is 0.00000242. The molecule has 0 fully saturated rings. The summed E-state index contributed by atoms with van der Waals surface area (Å²) >= 11 is 0. The Morgan fingerprint density at radius 2 is 2.05 bits per heavy atom. The fourth-order valence-corrected chi connectivity index (χ4v) is 3.06. The van der Waals surface area contributed by atoms with Crippen molar-refractivity contribution in [2.45, 2.75) is 32.6 Å². The van der Waals surface area contributed by atoms with Crippen LogP contribution in [0.4, 0.5) is 0 Å². The van der Waals surface area contributed by atoms with Crippen LogP contribution < -0.4 is 0 Å². The maximum Gasteiger partial charge on any atom is 0.0273 e. The van der Waals surface area contributed by atoms with Crippen molar-refractivity contribution in [2.75, 3.05) is 27.2 Å². The van der Waals surface area contributed by atoms with Crippen LogP contribution in [0.15, 0.2) is 18.2 Å². The van der Waals surface area contributed by atoms with Crippen molar-refractivity contribution in [1.29, 1.82) is 0 Å². The van der Waals surface area contributed by atoms with Gasteiger partial charge in [-0.05, 0) is 62.5 Å². The summed E-state index contributed by atoms with van der Waals surface area (Å²) in [5, 5.41) is 3.82. The predicted molar refractivity (Wildman–Crippen MR) is 87.4 cm³/mol. The summed E-state index contributed by atoms with van der Waals surface area (Å²) in [4.78, 5) is 14.3. The Bertz CT molecular complexity index is 518. The zero-order valence-electron chi connectivity index (χ0n) is 14.1. The average Bonchev–Trinajstić information content (AvgIpc) is 2.82. The Kier molecular flexibility index (Phi) is 7.71. The van der Waals surface area contributed by atoms with Gasteiger partial charge in [0.25, 0.3) is 0 Å². The van der Waals surface area contributed by atoms with Gasteiger partial charge in [-0.3, -0.25) is 0 Å². The van der Waals surface area contributed by atoms with E-state index in [1.807, 2.05) is 0 Å². The largest absolute Gasteiger partial charge is 0.658 e. The van der Waals surface area contributed by atoms with Crippen molar-refractivity contribution in [3.8, 4) is 0 Å². The van der Waals surface area contributed by atoms with E-state index in [1.54, 1.807) is 7.05 Å². The molecule has 1 aliphatic rings. The summed E-state index contributed by atoms with van der Waals surface area (Å²) in [7, 11) is 3.72. The van der Waals surface area contributed by atoms with Gasteiger partial charge in [-0.15, -0.1) is 12.5 Å². The minimum absolute atomic E-state index is 0. The number of hydrogen-bond acceptors (Lipinski definition) is 2. The molecule has 1 aromatic rings. The number of carbonyl (C=O) groups is 1. The molecule has 2 rings (SSSR count). The van der Waals surface area contributed by atoms with E-state index in [-0.39, 0.29) is 38.6 Å². The van der Waals surface area contributed by atoms with E-state index in [0.29, 0.717) is 0 Å². The van der Waals surface area contributed by atoms with Gasteiger partial charge >= 0.3 is 0 Å². The summed E-state index contributed by atoms with van der Waals surface area (Å²) in [6, 6.07) is 6.63. The third kappa shape index (κ3) is 4.63. The predicted octanol–water partition coefficient (Wildman–Crippen LogP) is 3.02. The summed E-state index contributed by atoms with van der Waals surface area (Å²) in [6.45, 7) is 8.53. The van der Waals surface area contributed by atoms with Crippen LogP contribution in [0.25, 0.3) is 5.32 Å². The van der Waals surface area contributed by atoms with Crippen LogP contribution in [0.5, 0.6) is 0 Å². The van der Waals surface area contributed by atoms with Crippen LogP contribution in [0.2, 0.25) is 0 Å². The van der Waals surface area contributed by atoms with Gasteiger partial charge in [0.15, 0.2) is 0 Å². The fourth-order valence-electron chi connectivity index (χ4n) is 3.06. The Morgan fingerprint density at radius 1 is 1.36 bits per heavy atom. The molecular weight excluding hydrogens is 349 g/mol. The normalized spacial score (nSPS) is 19.7. The molecule has 1 atom stereocenters. The molecule has 0 spiro atoms. The maximum atomic E-state index is 11.9. The van der Waals surface area contributed by atoms with E-state index >= 15 is 0 Å². The molecule has 0 saturated carbocycles. The number of carbonyl (C=O) groups excluding carboxylic acids is 1. The van der Waals surface area contributed by atoms with E-state index < -0.39 is 5.41 Å². The molecule has 0 saturated heterocycles. The van der Waals surface area contributed by atoms with Crippen LogP contribution in [0.3, 0.4) is 0 Å². The maximum absolute atomic E-state index is 11.9. The summed E-state index contributed by atoms with van der Waals surface area (Å²) < 4.78 is 0. The first kappa shape index (κ1) is 19.8. The second-order valence-electron chi connectivity index (χ2n) is 6.27. The van der Waals surface area contributed by atoms with E-state index in [2.05, 4.69) is 49.3 Å². The Morgan fingerprint density at radius 3 is 2.68 bits per heavy atom. The standard InChI is InChI=1S/C18H27N2O.Y/c1-5-20(4)10-6-7-14-8-9-15-12-18(2,17(21)19-3)13-16(15)11-14;/h8-9,11H,2,5-7,10,12-13H2,1,3-4H3,(H,19,21);/q-1;/p-1. The molecule has 1 radical (unpaired) electrons. The number of nitrogens with zero attached hydrogens (tertiary/aromatic N) is 2. The summed E-state index contributed by atoms with van der Waals surface area (Å²) in [5.74, 6) is -0.0789. The number of fused-ring (bicyclic) bond motifs is 1. The molecule has 1 aromatic carbocycles. The van der Waals surface area contributed by atoms with Gasteiger partial charge in [0, 0.05) is 38.6 Å². The molecule has 0 N–H and O–H groups in total. The molecule has 3 nitrogen and oxygen atoms in total. The quantitative estimate of drug-likeness (QED) is 0.717. The molecule has 0 aromatic heterocycles. The molecule has 0 bridgehead atoms. The van der Waals surface area contributed by atoms with E-state index in [9.17, 15) is 4.79 Å². The van der Waals surface area contributed by atoms with Gasteiger partial charge in [-0.1, -0.05) is 25.1 Å². The first-order chi connectivity index (χ1) is 9.98. The molecule has 0 heterocycles. The zero-order chi connectivity index (χ0) is 15.5. The van der Waals surface area contributed by atoms with Gasteiger partial charge in [0.2, 0.25) is 0 Å². The summed E-state index contributed by atoms with van der Waals surface area (Å²) in [5.41, 5.74) is 3.33. The van der Waals surface area contributed by atoms with Gasteiger partial charge < -0.3 is 21.9 Å². The third-order valence-corrected chi connectivity index (χ3v) is 4.53. The first-order valence-corrected chi connectivity index (χ1v) is 7.77. The fraction of sp³-hybridized carbons (Fsp3) is 0.556. The van der Waals surface area contributed by atoms with Crippen molar-refractivity contribution in [3.63, 3.8) is 0 Å². The van der Waals surface area contributed by atoms with Crippen molar-refractivity contribution in [1.82, 2.24) is 4.90 Å². The second kappa shape index (κ2) is 8.56. The Labute approximate surface area is 160 Å². The van der Waals surface area contributed by atoms with Crippen LogP contribution in [0, 0.1) is 12.3 Å². The molecule has 1 amide bonds. The number of amides is 1. The van der Waals surface area contributed by atoms with Gasteiger partial charge in [0.05, 0.1) is 0 Å². The molecular formula is C18H26N2OY-2. The minimum Gasteiger partial charge on any atom is -0.658 e. The molecule has 119 valence electrons. The van der Waals surface area contributed by atoms with Crippen LogP contribution in [-0.2, 0) is 56.8 Å². The average molecular weight is 375 g/mol. The van der Waals surface area contributed by atoms with Crippen LogP contribution in [0.1, 0.15) is 30.0 Å². The van der Waals surface area contributed by atoms with Crippen molar-refractivity contribution >= 4 is 5.91 Å².